The van der Waals surface area contributed by atoms with Crippen LogP contribution >= 0.6 is 15.9 Å². The SMILES string of the molecule is C=C(C)C(NN)c1cc(C)cc(Br)c1. The second kappa shape index (κ2) is 4.73. The molecule has 1 aromatic rings. The van der Waals surface area contributed by atoms with Gasteiger partial charge in [-0.25, -0.2) is 5.43 Å². The molecule has 3 N–H and O–H groups in total. The summed E-state index contributed by atoms with van der Waals surface area (Å²) in [5.74, 6) is 5.48. The molecule has 1 aromatic carbocycles. The lowest BCUT2D eigenvalue weighted by Gasteiger charge is -2.17. The van der Waals surface area contributed by atoms with Crippen molar-refractivity contribution in [1.29, 1.82) is 0 Å². The van der Waals surface area contributed by atoms with Gasteiger partial charge in [0.05, 0.1) is 6.04 Å². The van der Waals surface area contributed by atoms with Crippen molar-refractivity contribution in [2.45, 2.75) is 19.9 Å². The van der Waals surface area contributed by atoms with Crippen LogP contribution in [0.5, 0.6) is 0 Å². The largest absolute Gasteiger partial charge is 0.271 e. The van der Waals surface area contributed by atoms with Crippen LogP contribution in [0.2, 0.25) is 0 Å². The van der Waals surface area contributed by atoms with E-state index in [1.54, 1.807) is 0 Å². The zero-order chi connectivity index (χ0) is 10.7. The van der Waals surface area contributed by atoms with Gasteiger partial charge in [0.2, 0.25) is 0 Å². The third-order valence-electron chi connectivity index (χ3n) is 2.06. The number of nitrogens with two attached hydrogens (primary N) is 1. The third-order valence-corrected chi connectivity index (χ3v) is 2.52. The molecule has 0 spiro atoms. The van der Waals surface area contributed by atoms with E-state index in [9.17, 15) is 0 Å². The molecular formula is C11H15BrN2. The maximum Gasteiger partial charge on any atom is 0.0665 e. The molecule has 76 valence electrons. The van der Waals surface area contributed by atoms with Crippen molar-refractivity contribution in [3.63, 3.8) is 0 Å². The summed E-state index contributed by atoms with van der Waals surface area (Å²) in [6, 6.07) is 6.23. The molecule has 0 saturated carbocycles. The van der Waals surface area contributed by atoms with E-state index in [2.05, 4.69) is 47.0 Å². The first-order valence-corrected chi connectivity index (χ1v) is 5.22. The normalized spacial score (nSPS) is 12.6. The van der Waals surface area contributed by atoms with Crippen LogP contribution < -0.4 is 11.3 Å². The molecule has 3 heteroatoms. The molecule has 0 aromatic heterocycles. The van der Waals surface area contributed by atoms with E-state index in [0.29, 0.717) is 0 Å². The number of benzene rings is 1. The van der Waals surface area contributed by atoms with E-state index < -0.39 is 0 Å². The van der Waals surface area contributed by atoms with Gasteiger partial charge in [0.15, 0.2) is 0 Å². The first-order valence-electron chi connectivity index (χ1n) is 4.43. The molecule has 0 heterocycles. The Labute approximate surface area is 93.3 Å². The number of hydrazine groups is 1. The van der Waals surface area contributed by atoms with E-state index in [1.165, 1.54) is 5.56 Å². The van der Waals surface area contributed by atoms with Crippen LogP contribution in [0.1, 0.15) is 24.1 Å². The average Bonchev–Trinajstić information content (AvgIpc) is 2.02. The maximum atomic E-state index is 5.48. The van der Waals surface area contributed by atoms with Crippen molar-refractivity contribution in [3.05, 3.63) is 46.0 Å². The summed E-state index contributed by atoms with van der Waals surface area (Å²) in [4.78, 5) is 0. The van der Waals surface area contributed by atoms with Crippen LogP contribution in [0.3, 0.4) is 0 Å². The van der Waals surface area contributed by atoms with Gasteiger partial charge in [0, 0.05) is 4.47 Å². The van der Waals surface area contributed by atoms with Gasteiger partial charge < -0.3 is 0 Å². The highest BCUT2D eigenvalue weighted by molar-refractivity contribution is 9.10. The summed E-state index contributed by atoms with van der Waals surface area (Å²) >= 11 is 3.46. The maximum absolute atomic E-state index is 5.48. The Bertz CT molecular complexity index is 327. The summed E-state index contributed by atoms with van der Waals surface area (Å²) in [6.07, 6.45) is 0. The van der Waals surface area contributed by atoms with Gasteiger partial charge in [-0.2, -0.15) is 0 Å². The number of aryl methyl sites for hydroxylation is 1. The Morgan fingerprint density at radius 2 is 2.14 bits per heavy atom. The summed E-state index contributed by atoms with van der Waals surface area (Å²) in [5, 5.41) is 0. The van der Waals surface area contributed by atoms with Gasteiger partial charge in [-0.15, -0.1) is 0 Å². The zero-order valence-electron chi connectivity index (χ0n) is 8.47. The average molecular weight is 255 g/mol. The van der Waals surface area contributed by atoms with E-state index in [-0.39, 0.29) is 6.04 Å². The van der Waals surface area contributed by atoms with Crippen LogP contribution in [0.4, 0.5) is 0 Å². The molecule has 2 nitrogen and oxygen atoms in total. The van der Waals surface area contributed by atoms with E-state index in [0.717, 1.165) is 15.6 Å². The quantitative estimate of drug-likeness (QED) is 0.495. The Kier molecular flexibility index (Phi) is 3.86. The molecule has 1 rings (SSSR count). The molecule has 0 aliphatic heterocycles. The Morgan fingerprint density at radius 1 is 1.50 bits per heavy atom. The fourth-order valence-electron chi connectivity index (χ4n) is 1.45. The van der Waals surface area contributed by atoms with Gasteiger partial charge >= 0.3 is 0 Å². The molecule has 1 atom stereocenters. The van der Waals surface area contributed by atoms with Gasteiger partial charge in [-0.05, 0) is 37.1 Å². The van der Waals surface area contributed by atoms with Crippen molar-refractivity contribution in [2.24, 2.45) is 5.84 Å². The molecule has 0 saturated heterocycles. The minimum atomic E-state index is 0.0196. The van der Waals surface area contributed by atoms with E-state index in [1.807, 2.05) is 13.0 Å². The van der Waals surface area contributed by atoms with Crippen molar-refractivity contribution < 1.29 is 0 Å². The van der Waals surface area contributed by atoms with Crippen LogP contribution in [0.15, 0.2) is 34.8 Å². The second-order valence-electron chi connectivity index (χ2n) is 3.51. The highest BCUT2D eigenvalue weighted by Gasteiger charge is 2.10. The number of nitrogens with one attached hydrogen (secondary N) is 1. The van der Waals surface area contributed by atoms with Crippen molar-refractivity contribution in [1.82, 2.24) is 5.43 Å². The summed E-state index contributed by atoms with van der Waals surface area (Å²) in [5.41, 5.74) is 6.09. The topological polar surface area (TPSA) is 38.0 Å². The number of rotatable bonds is 3. The lowest BCUT2D eigenvalue weighted by Crippen LogP contribution is -2.28. The monoisotopic (exact) mass is 254 g/mol. The Morgan fingerprint density at radius 3 is 2.57 bits per heavy atom. The highest BCUT2D eigenvalue weighted by atomic mass is 79.9. The first kappa shape index (κ1) is 11.4. The van der Waals surface area contributed by atoms with Crippen LogP contribution in [0, 0.1) is 6.92 Å². The number of hydrogen-bond acceptors (Lipinski definition) is 2. The first-order chi connectivity index (χ1) is 6.54. The van der Waals surface area contributed by atoms with Crippen molar-refractivity contribution in [2.75, 3.05) is 0 Å². The Balaban J connectivity index is 3.10. The van der Waals surface area contributed by atoms with E-state index >= 15 is 0 Å². The number of hydrogen-bond donors (Lipinski definition) is 2. The van der Waals surface area contributed by atoms with Crippen molar-refractivity contribution >= 4 is 15.9 Å². The molecule has 0 amide bonds. The van der Waals surface area contributed by atoms with Gasteiger partial charge in [0.1, 0.15) is 0 Å². The standard InChI is InChI=1S/C11H15BrN2/c1-7(2)11(14-13)9-4-8(3)5-10(12)6-9/h4-6,11,14H,1,13H2,2-3H3. The van der Waals surface area contributed by atoms with Crippen LogP contribution in [-0.2, 0) is 0 Å². The van der Waals surface area contributed by atoms with Gasteiger partial charge in [0.25, 0.3) is 0 Å². The zero-order valence-corrected chi connectivity index (χ0v) is 10.1. The molecular weight excluding hydrogens is 240 g/mol. The third kappa shape index (κ3) is 2.67. The predicted molar refractivity (Wildman–Crippen MR) is 63.8 cm³/mol. The molecule has 0 aliphatic carbocycles. The molecule has 0 radical (unpaired) electrons. The van der Waals surface area contributed by atoms with Crippen molar-refractivity contribution in [3.8, 4) is 0 Å². The molecule has 0 fully saturated rings. The molecule has 14 heavy (non-hydrogen) atoms. The smallest absolute Gasteiger partial charge is 0.0665 e. The summed E-state index contributed by atoms with van der Waals surface area (Å²) in [7, 11) is 0. The predicted octanol–water partition coefficient (Wildman–Crippen LogP) is 2.84. The lowest BCUT2D eigenvalue weighted by molar-refractivity contribution is 0.626. The fraction of sp³-hybridized carbons (Fsp3) is 0.273. The lowest BCUT2D eigenvalue weighted by atomic mass is 10.0. The van der Waals surface area contributed by atoms with E-state index in [4.69, 9.17) is 5.84 Å². The van der Waals surface area contributed by atoms with Gasteiger partial charge in [-0.3, -0.25) is 5.84 Å². The summed E-state index contributed by atoms with van der Waals surface area (Å²) in [6.45, 7) is 7.92. The summed E-state index contributed by atoms with van der Waals surface area (Å²) < 4.78 is 1.06. The molecule has 1 unspecified atom stereocenters. The fourth-order valence-corrected chi connectivity index (χ4v) is 2.08. The van der Waals surface area contributed by atoms with Crippen LogP contribution in [-0.4, -0.2) is 0 Å². The highest BCUT2D eigenvalue weighted by Crippen LogP contribution is 2.24. The minimum Gasteiger partial charge on any atom is -0.271 e. The molecule has 0 aliphatic rings. The van der Waals surface area contributed by atoms with Gasteiger partial charge in [-0.1, -0.05) is 34.1 Å². The number of halogens is 1. The second-order valence-corrected chi connectivity index (χ2v) is 4.42. The minimum absolute atomic E-state index is 0.0196. The Hall–Kier alpha value is -0.640. The molecule has 0 bridgehead atoms. The van der Waals surface area contributed by atoms with Crippen LogP contribution in [0.25, 0.3) is 0 Å².